The van der Waals surface area contributed by atoms with Crippen LogP contribution >= 0.6 is 0 Å². The number of rotatable bonds is 13. The summed E-state index contributed by atoms with van der Waals surface area (Å²) < 4.78 is 10.9. The quantitative estimate of drug-likeness (QED) is 0.360. The number of benzene rings is 2. The maximum Gasteiger partial charge on any atom is 0.323 e. The first-order chi connectivity index (χ1) is 14.4. The standard InChI is InChI=1S/C21H27BN2O6/c1-23-18(20(25)26)13-29-11-14-3-7-16(8-4-14)17-9-5-15(6-10-17)12-30-22-19(24-2)21(27)28/h3-10,18-19,22-24H,11-13H2,1-2H3,(H,25,26)(H,27,28)/t18-,19-/m1/s1. The average molecular weight is 414 g/mol. The zero-order chi connectivity index (χ0) is 21.9. The van der Waals surface area contributed by atoms with Crippen LogP contribution in [0.1, 0.15) is 11.1 Å². The Bertz CT molecular complexity index is 744. The summed E-state index contributed by atoms with van der Waals surface area (Å²) in [6, 6.07) is 15.0. The van der Waals surface area contributed by atoms with E-state index in [0.717, 1.165) is 22.3 Å². The van der Waals surface area contributed by atoms with E-state index >= 15 is 0 Å². The monoisotopic (exact) mass is 414 g/mol. The summed E-state index contributed by atoms with van der Waals surface area (Å²) in [5.74, 6) is -2.60. The van der Waals surface area contributed by atoms with Gasteiger partial charge in [-0.2, -0.15) is 0 Å². The lowest BCUT2D eigenvalue weighted by molar-refractivity contribution is -0.141. The number of hydrogen-bond donors (Lipinski definition) is 4. The molecule has 0 saturated carbocycles. The van der Waals surface area contributed by atoms with Crippen LogP contribution in [0, 0.1) is 0 Å². The third-order valence-electron chi connectivity index (χ3n) is 4.64. The van der Waals surface area contributed by atoms with Crippen molar-refractivity contribution in [3.8, 4) is 11.1 Å². The Morgan fingerprint density at radius 1 is 0.867 bits per heavy atom. The highest BCUT2D eigenvalue weighted by atomic mass is 16.5. The van der Waals surface area contributed by atoms with Gasteiger partial charge in [0.15, 0.2) is 0 Å². The third kappa shape index (κ3) is 7.27. The summed E-state index contributed by atoms with van der Waals surface area (Å²) in [5, 5.41) is 23.3. The molecular weight excluding hydrogens is 387 g/mol. The summed E-state index contributed by atoms with van der Waals surface area (Å²) in [7, 11) is 3.27. The van der Waals surface area contributed by atoms with Gasteiger partial charge in [0, 0.05) is 0 Å². The number of aliphatic carboxylic acids is 2. The predicted octanol–water partition coefficient (Wildman–Crippen LogP) is 1.04. The van der Waals surface area contributed by atoms with Crippen LogP contribution in [0.4, 0.5) is 0 Å². The van der Waals surface area contributed by atoms with Gasteiger partial charge in [-0.05, 0) is 36.3 Å². The molecule has 0 spiro atoms. The molecule has 0 bridgehead atoms. The van der Waals surface area contributed by atoms with E-state index in [0.29, 0.717) is 13.2 Å². The minimum Gasteiger partial charge on any atom is -0.481 e. The number of carboxylic acid groups (broad SMARTS) is 2. The second-order valence-electron chi connectivity index (χ2n) is 6.78. The Labute approximate surface area is 176 Å². The fourth-order valence-corrected chi connectivity index (χ4v) is 2.73. The van der Waals surface area contributed by atoms with Gasteiger partial charge in [0.1, 0.15) is 12.0 Å². The summed E-state index contributed by atoms with van der Waals surface area (Å²) in [6.07, 6.45) is 0. The van der Waals surface area contributed by atoms with Gasteiger partial charge < -0.3 is 30.2 Å². The molecule has 0 saturated heterocycles. The van der Waals surface area contributed by atoms with Gasteiger partial charge in [-0.1, -0.05) is 48.5 Å². The molecule has 2 atom stereocenters. The Morgan fingerprint density at radius 2 is 1.40 bits per heavy atom. The van der Waals surface area contributed by atoms with Crippen molar-refractivity contribution in [3.05, 3.63) is 59.7 Å². The van der Waals surface area contributed by atoms with Crippen LogP contribution in [-0.2, 0) is 32.2 Å². The Hall–Kier alpha value is -2.72. The normalized spacial score (nSPS) is 12.9. The first-order valence-electron chi connectivity index (χ1n) is 9.58. The predicted molar refractivity (Wildman–Crippen MR) is 114 cm³/mol. The topological polar surface area (TPSA) is 117 Å². The van der Waals surface area contributed by atoms with Gasteiger partial charge >= 0.3 is 19.4 Å². The maximum absolute atomic E-state index is 11.0. The Morgan fingerprint density at radius 3 is 1.83 bits per heavy atom. The van der Waals surface area contributed by atoms with Crippen LogP contribution in [0.15, 0.2) is 48.5 Å². The number of carboxylic acids is 2. The molecule has 30 heavy (non-hydrogen) atoms. The van der Waals surface area contributed by atoms with Crippen molar-refractivity contribution in [1.82, 2.24) is 10.6 Å². The Balaban J connectivity index is 1.84. The summed E-state index contributed by atoms with van der Waals surface area (Å²) in [6.45, 7) is 0.774. The molecule has 0 aliphatic rings. The van der Waals surface area contributed by atoms with Gasteiger partial charge in [-0.3, -0.25) is 9.59 Å². The minimum absolute atomic E-state index is 0.0959. The van der Waals surface area contributed by atoms with Crippen molar-refractivity contribution in [2.24, 2.45) is 0 Å². The van der Waals surface area contributed by atoms with Crippen molar-refractivity contribution < 1.29 is 29.2 Å². The molecular formula is C21H27BN2O6. The molecule has 2 aromatic carbocycles. The molecule has 0 radical (unpaired) electrons. The van der Waals surface area contributed by atoms with Crippen molar-refractivity contribution >= 4 is 19.4 Å². The van der Waals surface area contributed by atoms with Crippen molar-refractivity contribution in [2.45, 2.75) is 25.2 Å². The van der Waals surface area contributed by atoms with Crippen molar-refractivity contribution in [2.75, 3.05) is 20.7 Å². The number of carbonyl (C=O) groups is 2. The molecule has 2 aromatic rings. The van der Waals surface area contributed by atoms with Crippen LogP contribution in [0.25, 0.3) is 11.1 Å². The van der Waals surface area contributed by atoms with Crippen LogP contribution in [0.5, 0.6) is 0 Å². The second kappa shape index (κ2) is 12.1. The molecule has 2 rings (SSSR count). The third-order valence-corrected chi connectivity index (χ3v) is 4.64. The molecule has 0 aromatic heterocycles. The molecule has 4 N–H and O–H groups in total. The molecule has 9 heteroatoms. The highest BCUT2D eigenvalue weighted by molar-refractivity contribution is 6.36. The van der Waals surface area contributed by atoms with E-state index in [2.05, 4.69) is 10.6 Å². The van der Waals surface area contributed by atoms with E-state index < -0.39 is 23.9 Å². The van der Waals surface area contributed by atoms with E-state index in [1.807, 2.05) is 48.5 Å². The van der Waals surface area contributed by atoms with Crippen LogP contribution < -0.4 is 10.6 Å². The van der Waals surface area contributed by atoms with Crippen molar-refractivity contribution in [3.63, 3.8) is 0 Å². The zero-order valence-electron chi connectivity index (χ0n) is 17.1. The molecule has 0 aliphatic carbocycles. The minimum atomic E-state index is -0.939. The number of nitrogens with one attached hydrogen (secondary N) is 2. The summed E-state index contributed by atoms with van der Waals surface area (Å²) >= 11 is 0. The van der Waals surface area contributed by atoms with Crippen molar-refractivity contribution in [1.29, 1.82) is 0 Å². The first-order valence-corrected chi connectivity index (χ1v) is 9.58. The lowest BCUT2D eigenvalue weighted by Crippen LogP contribution is -2.40. The summed E-state index contributed by atoms with van der Waals surface area (Å²) in [4.78, 5) is 21.9. The van der Waals surface area contributed by atoms with Crippen LogP contribution in [-0.4, -0.2) is 62.3 Å². The number of ether oxygens (including phenoxy) is 1. The molecule has 0 fully saturated rings. The molecule has 0 amide bonds. The van der Waals surface area contributed by atoms with Crippen LogP contribution in [0.2, 0.25) is 0 Å². The highest BCUT2D eigenvalue weighted by Crippen LogP contribution is 2.21. The van der Waals surface area contributed by atoms with E-state index in [-0.39, 0.29) is 14.1 Å². The molecule has 0 heterocycles. The van der Waals surface area contributed by atoms with Gasteiger partial charge in [-0.15, -0.1) is 0 Å². The molecule has 160 valence electrons. The molecule has 0 aliphatic heterocycles. The largest absolute Gasteiger partial charge is 0.481 e. The van der Waals surface area contributed by atoms with E-state index in [1.54, 1.807) is 14.1 Å². The fourth-order valence-electron chi connectivity index (χ4n) is 2.73. The van der Waals surface area contributed by atoms with Gasteiger partial charge in [0.05, 0.1) is 19.8 Å². The van der Waals surface area contributed by atoms with Gasteiger partial charge in [0.2, 0.25) is 0 Å². The number of hydrogen-bond acceptors (Lipinski definition) is 6. The van der Waals surface area contributed by atoms with Gasteiger partial charge in [0.25, 0.3) is 0 Å². The first kappa shape index (κ1) is 23.6. The fraction of sp³-hybridized carbons (Fsp3) is 0.333. The lowest BCUT2D eigenvalue weighted by atomic mass is 9.88. The SMILES string of the molecule is CN[C@@H](BOCc1ccc(-c2ccc(COC[C@@H](NC)C(=O)O)cc2)cc1)C(=O)O. The smallest absolute Gasteiger partial charge is 0.323 e. The van der Waals surface area contributed by atoms with E-state index in [1.165, 1.54) is 0 Å². The van der Waals surface area contributed by atoms with Gasteiger partial charge in [-0.25, -0.2) is 0 Å². The molecule has 0 unspecified atom stereocenters. The molecule has 8 nitrogen and oxygen atoms in total. The number of likely N-dealkylation sites (N-methyl/N-ethyl adjacent to an activating group) is 2. The Kier molecular flexibility index (Phi) is 9.49. The lowest BCUT2D eigenvalue weighted by Gasteiger charge is -2.12. The van der Waals surface area contributed by atoms with Crippen LogP contribution in [0.3, 0.4) is 0 Å². The van der Waals surface area contributed by atoms with E-state index in [4.69, 9.17) is 19.6 Å². The maximum atomic E-state index is 11.0. The van der Waals surface area contributed by atoms with E-state index in [9.17, 15) is 9.59 Å². The zero-order valence-corrected chi connectivity index (χ0v) is 17.1. The average Bonchev–Trinajstić information content (AvgIpc) is 2.74. The highest BCUT2D eigenvalue weighted by Gasteiger charge is 2.17. The second-order valence-corrected chi connectivity index (χ2v) is 6.78. The summed E-state index contributed by atoms with van der Waals surface area (Å²) in [5.41, 5.74) is 4.01.